The van der Waals surface area contributed by atoms with Crippen molar-refractivity contribution in [1.82, 2.24) is 0 Å². The fourth-order valence-electron chi connectivity index (χ4n) is 6.53. The molecule has 6 unspecified atom stereocenters. The Kier molecular flexibility index (Phi) is 4.52. The van der Waals surface area contributed by atoms with Crippen molar-refractivity contribution in [2.45, 2.75) is 51.7 Å². The number of hydrogen-bond donors (Lipinski definition) is 2. The number of ketones is 2. The summed E-state index contributed by atoms with van der Waals surface area (Å²) in [6.45, 7) is 4.69. The first-order valence-corrected chi connectivity index (χ1v) is 10.2. The van der Waals surface area contributed by atoms with Crippen molar-refractivity contribution in [1.29, 1.82) is 0 Å². The number of hydrogen-bond acceptors (Lipinski definition) is 6. The van der Waals surface area contributed by atoms with Crippen molar-refractivity contribution in [3.63, 3.8) is 0 Å². The highest BCUT2D eigenvalue weighted by Gasteiger charge is 2.67. The molecule has 0 aromatic heterocycles. The molecule has 0 spiro atoms. The fourth-order valence-corrected chi connectivity index (χ4v) is 6.53. The topological polar surface area (TPSA) is 101 Å². The van der Waals surface area contributed by atoms with Crippen LogP contribution in [0.4, 0.5) is 0 Å². The number of rotatable bonds is 3. The summed E-state index contributed by atoms with van der Waals surface area (Å²) in [5, 5.41) is 22.7. The molecule has 0 aliphatic heterocycles. The lowest BCUT2D eigenvalue weighted by molar-refractivity contribution is -0.175. The average Bonchev–Trinajstić information content (AvgIpc) is 2.91. The maximum absolute atomic E-state index is 12.8. The molecule has 4 aliphatic carbocycles. The zero-order chi connectivity index (χ0) is 21.2. The van der Waals surface area contributed by atoms with Gasteiger partial charge in [-0.2, -0.15) is 0 Å². The number of aliphatic hydroxyl groups is 2. The van der Waals surface area contributed by atoms with Crippen LogP contribution in [0.2, 0.25) is 0 Å². The van der Waals surface area contributed by atoms with Crippen LogP contribution in [-0.4, -0.2) is 46.1 Å². The first kappa shape index (κ1) is 20.2. The minimum absolute atomic E-state index is 0.00262. The summed E-state index contributed by atoms with van der Waals surface area (Å²) in [7, 11) is 0. The third kappa shape index (κ3) is 2.72. The van der Waals surface area contributed by atoms with Gasteiger partial charge in [0.25, 0.3) is 0 Å². The Balaban J connectivity index is 1.70. The zero-order valence-corrected chi connectivity index (χ0v) is 17.1. The van der Waals surface area contributed by atoms with E-state index in [0.29, 0.717) is 6.42 Å². The van der Waals surface area contributed by atoms with Gasteiger partial charge in [-0.15, -0.1) is 0 Å². The van der Waals surface area contributed by atoms with Crippen molar-refractivity contribution in [2.24, 2.45) is 28.6 Å². The van der Waals surface area contributed by atoms with Crippen LogP contribution in [0.25, 0.3) is 0 Å². The summed E-state index contributed by atoms with van der Waals surface area (Å²) >= 11 is 0. The van der Waals surface area contributed by atoms with E-state index in [9.17, 15) is 24.6 Å². The van der Waals surface area contributed by atoms with Crippen LogP contribution in [0.5, 0.6) is 0 Å². The Morgan fingerprint density at radius 3 is 2.69 bits per heavy atom. The van der Waals surface area contributed by atoms with Crippen LogP contribution in [-0.2, 0) is 19.1 Å². The van der Waals surface area contributed by atoms with Crippen molar-refractivity contribution in [3.05, 3.63) is 36.0 Å². The molecule has 0 amide bonds. The summed E-state index contributed by atoms with van der Waals surface area (Å²) in [4.78, 5) is 35.8. The molecule has 0 bridgehead atoms. The predicted molar refractivity (Wildman–Crippen MR) is 105 cm³/mol. The van der Waals surface area contributed by atoms with E-state index in [1.54, 1.807) is 12.2 Å². The second-order valence-electron chi connectivity index (χ2n) is 9.48. The van der Waals surface area contributed by atoms with Crippen molar-refractivity contribution < 1.29 is 29.3 Å². The fraction of sp³-hybridized carbons (Fsp3) is 0.609. The van der Waals surface area contributed by atoms with Gasteiger partial charge in [0.15, 0.2) is 12.4 Å². The SMILES string of the molecule is CC(=O)OCC(=O)[C@@]1(O)CCC2C3C=CC4=CC(=O)C=CC4(C)C3C(O)CC21C. The Hall–Kier alpha value is -2.05. The summed E-state index contributed by atoms with van der Waals surface area (Å²) in [5.74, 6) is -1.28. The molecule has 6 heteroatoms. The smallest absolute Gasteiger partial charge is 0.303 e. The van der Waals surface area contributed by atoms with Gasteiger partial charge in [-0.05, 0) is 48.8 Å². The van der Waals surface area contributed by atoms with E-state index < -0.39 is 40.9 Å². The lowest BCUT2D eigenvalue weighted by atomic mass is 9.48. The highest BCUT2D eigenvalue weighted by Crippen LogP contribution is 2.65. The average molecular weight is 400 g/mol. The number of fused-ring (bicyclic) bond motifs is 5. The molecule has 0 radical (unpaired) electrons. The van der Waals surface area contributed by atoms with Gasteiger partial charge in [-0.3, -0.25) is 14.4 Å². The molecule has 4 rings (SSSR count). The maximum Gasteiger partial charge on any atom is 0.303 e. The molecule has 0 heterocycles. The van der Waals surface area contributed by atoms with E-state index in [4.69, 9.17) is 4.74 Å². The molecule has 0 aromatic rings. The van der Waals surface area contributed by atoms with Crippen molar-refractivity contribution in [2.75, 3.05) is 6.61 Å². The zero-order valence-electron chi connectivity index (χ0n) is 17.1. The van der Waals surface area contributed by atoms with Gasteiger partial charge in [-0.1, -0.05) is 32.1 Å². The molecule has 0 aromatic carbocycles. The van der Waals surface area contributed by atoms with E-state index in [1.807, 2.05) is 32.1 Å². The number of aliphatic hydroxyl groups excluding tert-OH is 1. The molecular formula is C23H28O6. The molecule has 156 valence electrons. The Labute approximate surface area is 170 Å². The third-order valence-corrected chi connectivity index (χ3v) is 8.08. The van der Waals surface area contributed by atoms with E-state index >= 15 is 0 Å². The second kappa shape index (κ2) is 6.47. The number of allylic oxidation sites excluding steroid dienone is 6. The van der Waals surface area contributed by atoms with Crippen molar-refractivity contribution >= 4 is 17.5 Å². The Bertz CT molecular complexity index is 869. The van der Waals surface area contributed by atoms with Gasteiger partial charge < -0.3 is 14.9 Å². The summed E-state index contributed by atoms with van der Waals surface area (Å²) < 4.78 is 4.86. The van der Waals surface area contributed by atoms with Gasteiger partial charge in [0.05, 0.1) is 6.10 Å². The lowest BCUT2D eigenvalue weighted by Gasteiger charge is -2.57. The maximum atomic E-state index is 12.8. The molecular weight excluding hydrogens is 372 g/mol. The van der Waals surface area contributed by atoms with Crippen LogP contribution in [0.1, 0.15) is 40.0 Å². The minimum atomic E-state index is -1.64. The minimum Gasteiger partial charge on any atom is -0.458 e. The van der Waals surface area contributed by atoms with Gasteiger partial charge in [0, 0.05) is 23.7 Å². The molecule has 2 N–H and O–H groups in total. The molecule has 7 atom stereocenters. The van der Waals surface area contributed by atoms with E-state index in [1.165, 1.54) is 6.92 Å². The van der Waals surface area contributed by atoms with Gasteiger partial charge in [0.2, 0.25) is 5.78 Å². The quantitative estimate of drug-likeness (QED) is 0.702. The molecule has 0 saturated heterocycles. The molecule has 29 heavy (non-hydrogen) atoms. The van der Waals surface area contributed by atoms with Crippen LogP contribution >= 0.6 is 0 Å². The number of ether oxygens (including phenoxy) is 1. The van der Waals surface area contributed by atoms with Crippen LogP contribution in [0, 0.1) is 28.6 Å². The first-order chi connectivity index (χ1) is 13.5. The number of esters is 1. The van der Waals surface area contributed by atoms with Gasteiger partial charge >= 0.3 is 5.97 Å². The Morgan fingerprint density at radius 1 is 1.28 bits per heavy atom. The largest absolute Gasteiger partial charge is 0.458 e. The normalized spacial score (nSPS) is 45.1. The predicted octanol–water partition coefficient (Wildman–Crippen LogP) is 1.90. The molecule has 4 aliphatic rings. The highest BCUT2D eigenvalue weighted by atomic mass is 16.5. The molecule has 6 nitrogen and oxygen atoms in total. The van der Waals surface area contributed by atoms with Crippen LogP contribution in [0.3, 0.4) is 0 Å². The van der Waals surface area contributed by atoms with E-state index in [0.717, 1.165) is 5.57 Å². The van der Waals surface area contributed by atoms with Crippen LogP contribution < -0.4 is 0 Å². The number of carbonyl (C=O) groups excluding carboxylic acids is 3. The van der Waals surface area contributed by atoms with Gasteiger partial charge in [-0.25, -0.2) is 0 Å². The monoisotopic (exact) mass is 400 g/mol. The second-order valence-corrected chi connectivity index (χ2v) is 9.48. The Morgan fingerprint density at radius 2 is 2.00 bits per heavy atom. The van der Waals surface area contributed by atoms with E-state index in [-0.39, 0.29) is 36.4 Å². The van der Waals surface area contributed by atoms with E-state index in [2.05, 4.69) is 0 Å². The summed E-state index contributed by atoms with van der Waals surface area (Å²) in [6, 6.07) is 0. The first-order valence-electron chi connectivity index (χ1n) is 10.2. The number of Topliss-reactive ketones (excluding diaryl/α,β-unsaturated/α-hetero) is 1. The van der Waals surface area contributed by atoms with Gasteiger partial charge in [0.1, 0.15) is 5.60 Å². The lowest BCUT2D eigenvalue weighted by Crippen LogP contribution is -2.61. The molecule has 2 fully saturated rings. The standard InChI is InChI=1S/C23H28O6/c1-13(24)29-12-19(27)23(28)9-7-17-16-5-4-14-10-15(25)6-8-21(14,2)20(16)18(26)11-22(17,23)3/h4-6,8,10,16-18,20,26,28H,7,9,11-12H2,1-3H3/t16?,17?,18?,20?,21?,22?,23-/m0/s1. The van der Waals surface area contributed by atoms with Crippen molar-refractivity contribution in [3.8, 4) is 0 Å². The number of carbonyl (C=O) groups is 3. The molecule has 2 saturated carbocycles. The summed E-state index contributed by atoms with van der Waals surface area (Å²) in [5.41, 5.74) is -2.02. The highest BCUT2D eigenvalue weighted by molar-refractivity contribution is 6.01. The van der Waals surface area contributed by atoms with Crippen LogP contribution in [0.15, 0.2) is 36.0 Å². The third-order valence-electron chi connectivity index (χ3n) is 8.08. The summed E-state index contributed by atoms with van der Waals surface area (Å²) in [6.07, 6.45) is 9.54.